The van der Waals surface area contributed by atoms with Crippen LogP contribution in [-0.2, 0) is 0 Å². The standard InChI is InChI=1S/C17H18ClN3O2/c1-23-13-6-4-11(5-7-13)15-3-2-8-21(15)17-14(18)9-12(10-20-17)16(19)22/h4-7,9-10,15H,2-3,8H2,1H3,(H2,19,22)/t15-/m0/s1. The quantitative estimate of drug-likeness (QED) is 0.934. The largest absolute Gasteiger partial charge is 0.497 e. The van der Waals surface area contributed by atoms with Gasteiger partial charge in [-0.05, 0) is 36.6 Å². The molecule has 1 aliphatic rings. The van der Waals surface area contributed by atoms with Crippen molar-refractivity contribution in [3.05, 3.63) is 52.7 Å². The van der Waals surface area contributed by atoms with Gasteiger partial charge in [0.1, 0.15) is 11.6 Å². The van der Waals surface area contributed by atoms with E-state index in [1.807, 2.05) is 12.1 Å². The zero-order chi connectivity index (χ0) is 16.4. The van der Waals surface area contributed by atoms with Gasteiger partial charge >= 0.3 is 0 Å². The predicted molar refractivity (Wildman–Crippen MR) is 90.1 cm³/mol. The summed E-state index contributed by atoms with van der Waals surface area (Å²) in [5.41, 5.74) is 6.78. The van der Waals surface area contributed by atoms with Crippen LogP contribution in [0.4, 0.5) is 5.82 Å². The monoisotopic (exact) mass is 331 g/mol. The predicted octanol–water partition coefficient (Wildman–Crippen LogP) is 3.18. The first kappa shape index (κ1) is 15.6. The lowest BCUT2D eigenvalue weighted by atomic mass is 10.0. The molecule has 5 nitrogen and oxygen atoms in total. The van der Waals surface area contributed by atoms with Crippen molar-refractivity contribution in [1.82, 2.24) is 4.98 Å². The van der Waals surface area contributed by atoms with Gasteiger partial charge in [-0.15, -0.1) is 0 Å². The first-order valence-corrected chi connectivity index (χ1v) is 7.84. The molecule has 1 saturated heterocycles. The molecule has 23 heavy (non-hydrogen) atoms. The summed E-state index contributed by atoms with van der Waals surface area (Å²) in [5, 5.41) is 0.446. The lowest BCUT2D eigenvalue weighted by molar-refractivity contribution is 0.1000. The Labute approximate surface area is 140 Å². The summed E-state index contributed by atoms with van der Waals surface area (Å²) in [6.07, 6.45) is 3.57. The first-order valence-electron chi connectivity index (χ1n) is 7.46. The van der Waals surface area contributed by atoms with Crippen LogP contribution in [0, 0.1) is 0 Å². The number of rotatable bonds is 4. The number of anilines is 1. The molecule has 2 heterocycles. The molecule has 2 N–H and O–H groups in total. The van der Waals surface area contributed by atoms with Crippen molar-refractivity contribution in [3.8, 4) is 5.75 Å². The number of carbonyl (C=O) groups is 1. The Morgan fingerprint density at radius 2 is 2.13 bits per heavy atom. The fourth-order valence-corrected chi connectivity index (χ4v) is 3.24. The van der Waals surface area contributed by atoms with Gasteiger partial charge in [-0.25, -0.2) is 4.98 Å². The smallest absolute Gasteiger partial charge is 0.250 e. The average molecular weight is 332 g/mol. The van der Waals surface area contributed by atoms with Gasteiger partial charge in [0.25, 0.3) is 0 Å². The number of hydrogen-bond acceptors (Lipinski definition) is 4. The third kappa shape index (κ3) is 3.10. The van der Waals surface area contributed by atoms with Crippen LogP contribution in [0.2, 0.25) is 5.02 Å². The van der Waals surface area contributed by atoms with E-state index in [9.17, 15) is 4.79 Å². The Morgan fingerprint density at radius 3 is 2.74 bits per heavy atom. The highest BCUT2D eigenvalue weighted by atomic mass is 35.5. The molecule has 0 spiro atoms. The van der Waals surface area contributed by atoms with E-state index in [0.717, 1.165) is 25.1 Å². The molecule has 1 aromatic heterocycles. The van der Waals surface area contributed by atoms with Gasteiger partial charge in [0.05, 0.1) is 23.7 Å². The first-order chi connectivity index (χ1) is 11.1. The molecular formula is C17H18ClN3O2. The second-order valence-corrected chi connectivity index (χ2v) is 5.93. The summed E-state index contributed by atoms with van der Waals surface area (Å²) < 4.78 is 5.21. The van der Waals surface area contributed by atoms with Crippen LogP contribution in [0.1, 0.15) is 34.8 Å². The van der Waals surface area contributed by atoms with Gasteiger partial charge in [-0.2, -0.15) is 0 Å². The Kier molecular flexibility index (Phi) is 4.39. The Hall–Kier alpha value is -2.27. The zero-order valence-electron chi connectivity index (χ0n) is 12.8. The molecule has 120 valence electrons. The number of benzene rings is 1. The number of halogens is 1. The van der Waals surface area contributed by atoms with Crippen molar-refractivity contribution in [2.45, 2.75) is 18.9 Å². The molecule has 1 amide bonds. The topological polar surface area (TPSA) is 68.4 Å². The van der Waals surface area contributed by atoms with Gasteiger partial charge in [-0.3, -0.25) is 4.79 Å². The van der Waals surface area contributed by atoms with E-state index in [-0.39, 0.29) is 6.04 Å². The number of ether oxygens (including phenoxy) is 1. The molecule has 1 fully saturated rings. The van der Waals surface area contributed by atoms with E-state index in [2.05, 4.69) is 22.0 Å². The van der Waals surface area contributed by atoms with Crippen molar-refractivity contribution < 1.29 is 9.53 Å². The number of hydrogen-bond donors (Lipinski definition) is 1. The van der Waals surface area contributed by atoms with Crippen LogP contribution < -0.4 is 15.4 Å². The number of methoxy groups -OCH3 is 1. The number of carbonyl (C=O) groups excluding carboxylic acids is 1. The number of aromatic nitrogens is 1. The van der Waals surface area contributed by atoms with Crippen LogP contribution in [0.3, 0.4) is 0 Å². The van der Waals surface area contributed by atoms with E-state index in [1.54, 1.807) is 13.2 Å². The number of pyridine rings is 1. The minimum atomic E-state index is -0.529. The fourth-order valence-electron chi connectivity index (χ4n) is 2.97. The SMILES string of the molecule is COc1ccc([C@@H]2CCCN2c2ncc(C(N)=O)cc2Cl)cc1. The van der Waals surface area contributed by atoms with Gasteiger partial charge in [0.2, 0.25) is 5.91 Å². The maximum Gasteiger partial charge on any atom is 0.250 e. The van der Waals surface area contributed by atoms with Gasteiger partial charge < -0.3 is 15.4 Å². The number of nitrogens with two attached hydrogens (primary N) is 1. The van der Waals surface area contributed by atoms with Gasteiger partial charge in [0, 0.05) is 12.7 Å². The lowest BCUT2D eigenvalue weighted by Gasteiger charge is -2.27. The minimum Gasteiger partial charge on any atom is -0.497 e. The molecule has 3 rings (SSSR count). The summed E-state index contributed by atoms with van der Waals surface area (Å²) in [7, 11) is 1.65. The maximum absolute atomic E-state index is 11.2. The van der Waals surface area contributed by atoms with E-state index >= 15 is 0 Å². The lowest BCUT2D eigenvalue weighted by Crippen LogP contribution is -2.24. The van der Waals surface area contributed by atoms with Gasteiger partial charge in [0.15, 0.2) is 0 Å². The van der Waals surface area contributed by atoms with Crippen molar-refractivity contribution in [2.75, 3.05) is 18.6 Å². The molecule has 0 aliphatic carbocycles. The van der Waals surface area contributed by atoms with E-state index in [0.29, 0.717) is 16.4 Å². The average Bonchev–Trinajstić information content (AvgIpc) is 3.04. The van der Waals surface area contributed by atoms with E-state index in [4.69, 9.17) is 22.1 Å². The summed E-state index contributed by atoms with van der Waals surface area (Å²) in [6.45, 7) is 0.874. The van der Waals surface area contributed by atoms with Crippen molar-refractivity contribution in [1.29, 1.82) is 0 Å². The van der Waals surface area contributed by atoms with Crippen LogP contribution in [0.5, 0.6) is 5.75 Å². The normalized spacial score (nSPS) is 17.3. The van der Waals surface area contributed by atoms with Crippen LogP contribution in [0.25, 0.3) is 0 Å². The molecule has 0 saturated carbocycles. The Bertz CT molecular complexity index is 718. The molecular weight excluding hydrogens is 314 g/mol. The highest BCUT2D eigenvalue weighted by molar-refractivity contribution is 6.33. The number of nitrogens with zero attached hydrogens (tertiary/aromatic N) is 2. The van der Waals surface area contributed by atoms with Crippen molar-refractivity contribution in [3.63, 3.8) is 0 Å². The molecule has 0 bridgehead atoms. The molecule has 2 aromatic rings. The molecule has 1 aromatic carbocycles. The molecule has 0 unspecified atom stereocenters. The number of amides is 1. The highest BCUT2D eigenvalue weighted by Crippen LogP contribution is 2.38. The third-order valence-corrected chi connectivity index (χ3v) is 4.41. The second kappa shape index (κ2) is 6.46. The third-order valence-electron chi connectivity index (χ3n) is 4.13. The Balaban J connectivity index is 1.90. The maximum atomic E-state index is 11.2. The molecule has 1 aliphatic heterocycles. The zero-order valence-corrected chi connectivity index (χ0v) is 13.6. The summed E-state index contributed by atoms with van der Waals surface area (Å²) >= 11 is 6.32. The van der Waals surface area contributed by atoms with Crippen molar-refractivity contribution in [2.24, 2.45) is 5.73 Å². The summed E-state index contributed by atoms with van der Waals surface area (Å²) in [6, 6.07) is 9.83. The van der Waals surface area contributed by atoms with E-state index < -0.39 is 5.91 Å². The second-order valence-electron chi connectivity index (χ2n) is 5.52. The van der Waals surface area contributed by atoms with Gasteiger partial charge in [-0.1, -0.05) is 23.7 Å². The fraction of sp³-hybridized carbons (Fsp3) is 0.294. The minimum absolute atomic E-state index is 0.213. The molecule has 6 heteroatoms. The Morgan fingerprint density at radius 1 is 1.39 bits per heavy atom. The number of primary amides is 1. The van der Waals surface area contributed by atoms with Crippen LogP contribution >= 0.6 is 11.6 Å². The van der Waals surface area contributed by atoms with Crippen molar-refractivity contribution >= 4 is 23.3 Å². The molecule has 1 atom stereocenters. The summed E-state index contributed by atoms with van der Waals surface area (Å²) in [5.74, 6) is 0.995. The van der Waals surface area contributed by atoms with Crippen LogP contribution in [0.15, 0.2) is 36.5 Å². The highest BCUT2D eigenvalue weighted by Gasteiger charge is 2.28. The summed E-state index contributed by atoms with van der Waals surface area (Å²) in [4.78, 5) is 17.8. The molecule has 0 radical (unpaired) electrons. The van der Waals surface area contributed by atoms with E-state index in [1.165, 1.54) is 11.8 Å². The van der Waals surface area contributed by atoms with Crippen LogP contribution in [-0.4, -0.2) is 24.5 Å².